The Morgan fingerprint density at radius 3 is 2.59 bits per heavy atom. The third-order valence-electron chi connectivity index (χ3n) is 3.86. The quantitative estimate of drug-likeness (QED) is 0.919. The lowest BCUT2D eigenvalue weighted by Crippen LogP contribution is -2.44. The first kappa shape index (κ1) is 16.7. The van der Waals surface area contributed by atoms with E-state index in [0.717, 1.165) is 12.1 Å². The molecule has 22 heavy (non-hydrogen) atoms. The minimum absolute atomic E-state index is 0.0452. The van der Waals surface area contributed by atoms with Crippen LogP contribution in [0.4, 0.5) is 13.6 Å². The number of urea groups is 1. The highest BCUT2D eigenvalue weighted by Gasteiger charge is 2.33. The molecule has 0 aromatic heterocycles. The highest BCUT2D eigenvalue weighted by molar-refractivity contribution is 7.91. The molecule has 1 fully saturated rings. The van der Waals surface area contributed by atoms with Crippen molar-refractivity contribution >= 4 is 15.9 Å². The van der Waals surface area contributed by atoms with E-state index in [4.69, 9.17) is 0 Å². The van der Waals surface area contributed by atoms with E-state index in [1.807, 2.05) is 0 Å². The highest BCUT2D eigenvalue weighted by Crippen LogP contribution is 2.19. The van der Waals surface area contributed by atoms with Gasteiger partial charge in [-0.1, -0.05) is 6.07 Å². The lowest BCUT2D eigenvalue weighted by molar-refractivity contribution is 0.192. The van der Waals surface area contributed by atoms with Crippen molar-refractivity contribution in [2.75, 3.05) is 18.6 Å². The van der Waals surface area contributed by atoms with Crippen molar-refractivity contribution < 1.29 is 22.0 Å². The molecule has 8 heteroatoms. The summed E-state index contributed by atoms with van der Waals surface area (Å²) in [4.78, 5) is 13.5. The van der Waals surface area contributed by atoms with Crippen LogP contribution in [0.5, 0.6) is 0 Å². The van der Waals surface area contributed by atoms with Crippen molar-refractivity contribution in [3.63, 3.8) is 0 Å². The summed E-state index contributed by atoms with van der Waals surface area (Å²) in [5, 5.41) is 2.65. The number of sulfone groups is 1. The molecule has 122 valence electrons. The summed E-state index contributed by atoms with van der Waals surface area (Å²) < 4.78 is 49.0. The molecule has 2 amide bonds. The van der Waals surface area contributed by atoms with Gasteiger partial charge in [-0.15, -0.1) is 0 Å². The number of carbonyl (C=O) groups is 1. The summed E-state index contributed by atoms with van der Waals surface area (Å²) in [7, 11) is -1.55. The molecule has 0 saturated carbocycles. The Morgan fingerprint density at radius 2 is 2.05 bits per heavy atom. The van der Waals surface area contributed by atoms with E-state index in [2.05, 4.69) is 5.32 Å². The fourth-order valence-corrected chi connectivity index (χ4v) is 4.17. The van der Waals surface area contributed by atoms with E-state index < -0.39 is 33.5 Å². The van der Waals surface area contributed by atoms with Gasteiger partial charge >= 0.3 is 6.03 Å². The second-order valence-corrected chi connectivity index (χ2v) is 7.74. The van der Waals surface area contributed by atoms with Gasteiger partial charge in [0.15, 0.2) is 21.5 Å². The lowest BCUT2D eigenvalue weighted by Gasteiger charge is -2.26. The molecule has 2 rings (SSSR count). The molecule has 1 heterocycles. The van der Waals surface area contributed by atoms with Crippen LogP contribution < -0.4 is 5.32 Å². The molecule has 1 N–H and O–H groups in total. The van der Waals surface area contributed by atoms with Gasteiger partial charge in [-0.3, -0.25) is 0 Å². The average molecular weight is 332 g/mol. The van der Waals surface area contributed by atoms with E-state index in [0.29, 0.717) is 12.0 Å². The maximum atomic E-state index is 13.2. The van der Waals surface area contributed by atoms with Gasteiger partial charge in [-0.25, -0.2) is 22.0 Å². The van der Waals surface area contributed by atoms with Crippen LogP contribution in [0.1, 0.15) is 24.9 Å². The van der Waals surface area contributed by atoms with Gasteiger partial charge in [0.2, 0.25) is 0 Å². The van der Waals surface area contributed by atoms with Crippen molar-refractivity contribution in [1.82, 2.24) is 10.2 Å². The van der Waals surface area contributed by atoms with Crippen molar-refractivity contribution in [2.24, 2.45) is 0 Å². The van der Waals surface area contributed by atoms with Crippen LogP contribution >= 0.6 is 0 Å². The Labute approximate surface area is 128 Å². The molecular formula is C14H18F2N2O3S. The number of halogens is 2. The number of rotatable bonds is 3. The van der Waals surface area contributed by atoms with Gasteiger partial charge in [0.1, 0.15) is 0 Å². The second kappa shape index (κ2) is 6.20. The standard InChI is InChI=1S/C14H18F2N2O3S/c1-9(10-3-4-12(15)13(16)7-10)17-14(19)18(2)11-5-6-22(20,21)8-11/h3-4,7,9,11H,5-6,8H2,1-2H3,(H,17,19). The van der Waals surface area contributed by atoms with Crippen LogP contribution in [-0.4, -0.2) is 43.9 Å². The predicted octanol–water partition coefficient (Wildman–Crippen LogP) is 1.85. The van der Waals surface area contributed by atoms with Crippen molar-refractivity contribution in [3.8, 4) is 0 Å². The molecule has 0 radical (unpaired) electrons. The minimum atomic E-state index is -3.08. The molecule has 2 atom stereocenters. The smallest absolute Gasteiger partial charge is 0.317 e. The molecule has 1 aliphatic rings. The Morgan fingerprint density at radius 1 is 1.36 bits per heavy atom. The summed E-state index contributed by atoms with van der Waals surface area (Å²) in [6.45, 7) is 1.64. The Kier molecular flexibility index (Phi) is 4.69. The van der Waals surface area contributed by atoms with Gasteiger partial charge in [0, 0.05) is 13.1 Å². The van der Waals surface area contributed by atoms with E-state index in [9.17, 15) is 22.0 Å². The molecule has 0 aliphatic carbocycles. The minimum Gasteiger partial charge on any atom is -0.331 e. The third kappa shape index (κ3) is 3.73. The maximum absolute atomic E-state index is 13.2. The van der Waals surface area contributed by atoms with E-state index >= 15 is 0 Å². The molecule has 0 bridgehead atoms. The zero-order chi connectivity index (χ0) is 16.5. The largest absolute Gasteiger partial charge is 0.331 e. The lowest BCUT2D eigenvalue weighted by atomic mass is 10.1. The van der Waals surface area contributed by atoms with Gasteiger partial charge in [0.25, 0.3) is 0 Å². The molecule has 5 nitrogen and oxygen atoms in total. The molecule has 1 aromatic rings. The van der Waals surface area contributed by atoms with Gasteiger partial charge in [0.05, 0.1) is 17.5 Å². The summed E-state index contributed by atoms with van der Waals surface area (Å²) in [5.74, 6) is -1.89. The number of nitrogens with zero attached hydrogens (tertiary/aromatic N) is 1. The van der Waals surface area contributed by atoms with Crippen molar-refractivity contribution in [1.29, 1.82) is 0 Å². The molecule has 1 saturated heterocycles. The molecule has 0 spiro atoms. The number of benzene rings is 1. The van der Waals surface area contributed by atoms with Crippen LogP contribution in [0.25, 0.3) is 0 Å². The first-order chi connectivity index (χ1) is 10.2. The van der Waals surface area contributed by atoms with E-state index in [1.165, 1.54) is 18.0 Å². The monoisotopic (exact) mass is 332 g/mol. The van der Waals surface area contributed by atoms with E-state index in [-0.39, 0.29) is 17.5 Å². The summed E-state index contributed by atoms with van der Waals surface area (Å²) in [6, 6.07) is 2.09. The SMILES string of the molecule is CC(NC(=O)N(C)C1CCS(=O)(=O)C1)c1ccc(F)c(F)c1. The zero-order valence-electron chi connectivity index (χ0n) is 12.3. The van der Waals surface area contributed by atoms with Crippen LogP contribution in [0.2, 0.25) is 0 Å². The second-order valence-electron chi connectivity index (χ2n) is 5.51. The predicted molar refractivity (Wildman–Crippen MR) is 78.1 cm³/mol. The normalized spacial score (nSPS) is 21.4. The van der Waals surface area contributed by atoms with Crippen LogP contribution in [-0.2, 0) is 9.84 Å². The Hall–Kier alpha value is -1.70. The summed E-state index contributed by atoms with van der Waals surface area (Å²) in [6.07, 6.45) is 0.409. The Balaban J connectivity index is 2.00. The van der Waals surface area contributed by atoms with Gasteiger partial charge in [-0.2, -0.15) is 0 Å². The van der Waals surface area contributed by atoms with Crippen LogP contribution in [0, 0.1) is 11.6 Å². The third-order valence-corrected chi connectivity index (χ3v) is 5.61. The number of amides is 2. The highest BCUT2D eigenvalue weighted by atomic mass is 32.2. The topological polar surface area (TPSA) is 66.5 Å². The fourth-order valence-electron chi connectivity index (χ4n) is 2.40. The Bertz CT molecular complexity index is 679. The number of carbonyl (C=O) groups excluding carboxylic acids is 1. The summed E-state index contributed by atoms with van der Waals surface area (Å²) in [5.41, 5.74) is 0.430. The molecular weight excluding hydrogens is 314 g/mol. The van der Waals surface area contributed by atoms with E-state index in [1.54, 1.807) is 6.92 Å². The van der Waals surface area contributed by atoms with Gasteiger partial charge in [-0.05, 0) is 31.0 Å². The maximum Gasteiger partial charge on any atom is 0.317 e. The first-order valence-corrected chi connectivity index (χ1v) is 8.70. The van der Waals surface area contributed by atoms with Crippen molar-refractivity contribution in [2.45, 2.75) is 25.4 Å². The van der Waals surface area contributed by atoms with Crippen LogP contribution in [0.3, 0.4) is 0 Å². The first-order valence-electron chi connectivity index (χ1n) is 6.88. The van der Waals surface area contributed by atoms with Crippen LogP contribution in [0.15, 0.2) is 18.2 Å². The number of hydrogen-bond donors (Lipinski definition) is 1. The molecule has 1 aliphatic heterocycles. The number of hydrogen-bond acceptors (Lipinski definition) is 3. The molecule has 1 aromatic carbocycles. The summed E-state index contributed by atoms with van der Waals surface area (Å²) >= 11 is 0. The van der Waals surface area contributed by atoms with Crippen molar-refractivity contribution in [3.05, 3.63) is 35.4 Å². The van der Waals surface area contributed by atoms with Gasteiger partial charge < -0.3 is 10.2 Å². The fraction of sp³-hybridized carbons (Fsp3) is 0.500. The molecule has 2 unspecified atom stereocenters. The number of nitrogens with one attached hydrogen (secondary N) is 1. The average Bonchev–Trinajstić information content (AvgIpc) is 2.81. The zero-order valence-corrected chi connectivity index (χ0v) is 13.2.